The highest BCUT2D eigenvalue weighted by Gasteiger charge is 2.11. The van der Waals surface area contributed by atoms with Crippen LogP contribution in [0.1, 0.15) is 29.5 Å². The second-order valence-electron chi connectivity index (χ2n) is 2.88. The summed E-state index contributed by atoms with van der Waals surface area (Å²) in [5.74, 6) is 4.29. The minimum atomic E-state index is -0.0903. The van der Waals surface area contributed by atoms with Crippen molar-refractivity contribution in [3.05, 3.63) is 23.2 Å². The molecule has 1 rings (SSSR count). The van der Waals surface area contributed by atoms with Gasteiger partial charge in [-0.3, -0.25) is 0 Å². The van der Waals surface area contributed by atoms with Gasteiger partial charge in [-0.2, -0.15) is 0 Å². The highest BCUT2D eigenvalue weighted by Crippen LogP contribution is 2.21. The van der Waals surface area contributed by atoms with Crippen molar-refractivity contribution < 1.29 is 4.42 Å². The average molecular weight is 163 g/mol. The second kappa shape index (κ2) is 3.46. The van der Waals surface area contributed by atoms with Crippen molar-refractivity contribution in [1.82, 2.24) is 0 Å². The van der Waals surface area contributed by atoms with E-state index < -0.39 is 0 Å². The standard InChI is InChI=1S/C10H13NO/c1-4-5-10(11)9-6-7(2)12-8(9)3/h1,6,10H,5,11H2,2-3H3. The van der Waals surface area contributed by atoms with E-state index in [2.05, 4.69) is 5.92 Å². The van der Waals surface area contributed by atoms with E-state index in [0.29, 0.717) is 6.42 Å². The SMILES string of the molecule is C#CCC(N)c1cc(C)oc1C. The number of furan rings is 1. The Bertz CT molecular complexity index is 306. The minimum absolute atomic E-state index is 0.0903. The Kier molecular flexibility index (Phi) is 2.57. The first-order valence-electron chi connectivity index (χ1n) is 3.91. The molecule has 0 aromatic carbocycles. The average Bonchev–Trinajstić information content (AvgIpc) is 2.30. The van der Waals surface area contributed by atoms with Gasteiger partial charge in [0.25, 0.3) is 0 Å². The van der Waals surface area contributed by atoms with Crippen molar-refractivity contribution in [2.45, 2.75) is 26.3 Å². The topological polar surface area (TPSA) is 39.2 Å². The summed E-state index contributed by atoms with van der Waals surface area (Å²) >= 11 is 0. The molecule has 1 aromatic heterocycles. The Morgan fingerprint density at radius 1 is 1.67 bits per heavy atom. The fraction of sp³-hybridized carbons (Fsp3) is 0.400. The summed E-state index contributed by atoms with van der Waals surface area (Å²) in [4.78, 5) is 0. The van der Waals surface area contributed by atoms with Crippen LogP contribution in [0, 0.1) is 26.2 Å². The highest BCUT2D eigenvalue weighted by molar-refractivity contribution is 5.24. The summed E-state index contributed by atoms with van der Waals surface area (Å²) in [5, 5.41) is 0. The van der Waals surface area contributed by atoms with Crippen LogP contribution in [0.2, 0.25) is 0 Å². The van der Waals surface area contributed by atoms with Crippen molar-refractivity contribution in [2.24, 2.45) is 5.73 Å². The van der Waals surface area contributed by atoms with E-state index in [4.69, 9.17) is 16.6 Å². The zero-order valence-electron chi connectivity index (χ0n) is 7.42. The van der Waals surface area contributed by atoms with Gasteiger partial charge in [0.2, 0.25) is 0 Å². The van der Waals surface area contributed by atoms with E-state index in [1.807, 2.05) is 19.9 Å². The molecule has 0 aliphatic carbocycles. The van der Waals surface area contributed by atoms with E-state index in [1.54, 1.807) is 0 Å². The summed E-state index contributed by atoms with van der Waals surface area (Å²) in [5.41, 5.74) is 6.84. The smallest absolute Gasteiger partial charge is 0.105 e. The van der Waals surface area contributed by atoms with Crippen LogP contribution in [0.4, 0.5) is 0 Å². The van der Waals surface area contributed by atoms with Gasteiger partial charge < -0.3 is 10.2 Å². The zero-order chi connectivity index (χ0) is 9.14. The molecule has 0 spiro atoms. The van der Waals surface area contributed by atoms with Gasteiger partial charge in [-0.15, -0.1) is 12.3 Å². The summed E-state index contributed by atoms with van der Waals surface area (Å²) < 4.78 is 5.33. The molecule has 0 amide bonds. The van der Waals surface area contributed by atoms with Gasteiger partial charge in [0.1, 0.15) is 11.5 Å². The van der Waals surface area contributed by atoms with Crippen molar-refractivity contribution >= 4 is 0 Å². The third-order valence-corrected chi connectivity index (χ3v) is 1.82. The Morgan fingerprint density at radius 2 is 2.33 bits per heavy atom. The molecule has 0 saturated heterocycles. The highest BCUT2D eigenvalue weighted by atomic mass is 16.3. The van der Waals surface area contributed by atoms with Gasteiger partial charge in [-0.25, -0.2) is 0 Å². The van der Waals surface area contributed by atoms with E-state index in [9.17, 15) is 0 Å². The Balaban J connectivity index is 2.88. The molecule has 0 fully saturated rings. The van der Waals surface area contributed by atoms with E-state index >= 15 is 0 Å². The summed E-state index contributed by atoms with van der Waals surface area (Å²) in [6.45, 7) is 3.80. The lowest BCUT2D eigenvalue weighted by molar-refractivity contribution is 0.498. The molecule has 1 atom stereocenters. The lowest BCUT2D eigenvalue weighted by Crippen LogP contribution is -2.09. The normalized spacial score (nSPS) is 12.5. The fourth-order valence-corrected chi connectivity index (χ4v) is 1.26. The van der Waals surface area contributed by atoms with Crippen LogP contribution < -0.4 is 5.73 Å². The summed E-state index contributed by atoms with van der Waals surface area (Å²) in [7, 11) is 0. The third-order valence-electron chi connectivity index (χ3n) is 1.82. The summed E-state index contributed by atoms with van der Waals surface area (Å²) in [6.07, 6.45) is 5.72. The van der Waals surface area contributed by atoms with E-state index in [0.717, 1.165) is 17.1 Å². The monoisotopic (exact) mass is 163 g/mol. The first-order valence-corrected chi connectivity index (χ1v) is 3.91. The quantitative estimate of drug-likeness (QED) is 0.676. The first kappa shape index (κ1) is 8.89. The number of rotatable bonds is 2. The summed E-state index contributed by atoms with van der Waals surface area (Å²) in [6, 6.07) is 1.85. The molecule has 0 radical (unpaired) electrons. The molecule has 2 N–H and O–H groups in total. The molecular weight excluding hydrogens is 150 g/mol. The van der Waals surface area contributed by atoms with Crippen LogP contribution in [-0.4, -0.2) is 0 Å². The molecule has 2 nitrogen and oxygen atoms in total. The molecule has 0 bridgehead atoms. The molecule has 0 saturated carbocycles. The molecule has 64 valence electrons. The third kappa shape index (κ3) is 1.69. The van der Waals surface area contributed by atoms with Crippen molar-refractivity contribution in [1.29, 1.82) is 0 Å². The lowest BCUT2D eigenvalue weighted by Gasteiger charge is -2.04. The van der Waals surface area contributed by atoms with Gasteiger partial charge in [0.05, 0.1) is 0 Å². The largest absolute Gasteiger partial charge is 0.466 e. The van der Waals surface area contributed by atoms with Crippen LogP contribution in [0.15, 0.2) is 10.5 Å². The van der Waals surface area contributed by atoms with Gasteiger partial charge in [0, 0.05) is 18.0 Å². The van der Waals surface area contributed by atoms with Crippen molar-refractivity contribution in [3.8, 4) is 12.3 Å². The molecular formula is C10H13NO. The number of nitrogens with two attached hydrogens (primary N) is 1. The number of hydrogen-bond acceptors (Lipinski definition) is 2. The molecule has 2 heteroatoms. The molecule has 1 unspecified atom stereocenters. The van der Waals surface area contributed by atoms with Gasteiger partial charge >= 0.3 is 0 Å². The van der Waals surface area contributed by atoms with Crippen LogP contribution in [-0.2, 0) is 0 Å². The van der Waals surface area contributed by atoms with Gasteiger partial charge in [-0.05, 0) is 19.9 Å². The van der Waals surface area contributed by atoms with Crippen LogP contribution in [0.25, 0.3) is 0 Å². The van der Waals surface area contributed by atoms with E-state index in [-0.39, 0.29) is 6.04 Å². The molecule has 1 heterocycles. The van der Waals surface area contributed by atoms with Gasteiger partial charge in [-0.1, -0.05) is 0 Å². The number of terminal acetylenes is 1. The Hall–Kier alpha value is -1.20. The zero-order valence-corrected chi connectivity index (χ0v) is 7.42. The molecule has 1 aromatic rings. The maximum atomic E-state index is 5.82. The Morgan fingerprint density at radius 3 is 2.75 bits per heavy atom. The van der Waals surface area contributed by atoms with E-state index in [1.165, 1.54) is 0 Å². The molecule has 0 aliphatic rings. The Labute approximate surface area is 72.8 Å². The fourth-order valence-electron chi connectivity index (χ4n) is 1.26. The second-order valence-corrected chi connectivity index (χ2v) is 2.88. The van der Waals surface area contributed by atoms with Crippen molar-refractivity contribution in [3.63, 3.8) is 0 Å². The van der Waals surface area contributed by atoms with Gasteiger partial charge in [0.15, 0.2) is 0 Å². The first-order chi connectivity index (χ1) is 5.65. The number of aryl methyl sites for hydroxylation is 2. The molecule has 0 aliphatic heterocycles. The minimum Gasteiger partial charge on any atom is -0.466 e. The lowest BCUT2D eigenvalue weighted by atomic mass is 10.1. The maximum Gasteiger partial charge on any atom is 0.105 e. The maximum absolute atomic E-state index is 5.82. The van der Waals surface area contributed by atoms with Crippen LogP contribution in [0.5, 0.6) is 0 Å². The van der Waals surface area contributed by atoms with Crippen LogP contribution in [0.3, 0.4) is 0 Å². The predicted molar refractivity (Wildman–Crippen MR) is 48.6 cm³/mol. The predicted octanol–water partition coefficient (Wildman–Crippen LogP) is 1.92. The molecule has 12 heavy (non-hydrogen) atoms. The van der Waals surface area contributed by atoms with Crippen LogP contribution >= 0.6 is 0 Å². The number of hydrogen-bond donors (Lipinski definition) is 1. The van der Waals surface area contributed by atoms with Crippen molar-refractivity contribution in [2.75, 3.05) is 0 Å².